The number of anilines is 3. The first-order chi connectivity index (χ1) is 13.6. The van der Waals surface area contributed by atoms with Crippen molar-refractivity contribution in [3.8, 4) is 11.4 Å². The zero-order valence-electron chi connectivity index (χ0n) is 14.9. The third-order valence-corrected chi connectivity index (χ3v) is 3.76. The van der Waals surface area contributed by atoms with Crippen LogP contribution in [0.4, 0.5) is 30.5 Å². The van der Waals surface area contributed by atoms with E-state index in [0.29, 0.717) is 5.69 Å². The number of esters is 1. The van der Waals surface area contributed by atoms with Gasteiger partial charge in [0.15, 0.2) is 5.65 Å². The second-order valence-electron chi connectivity index (χ2n) is 5.97. The molecule has 0 saturated heterocycles. The number of fused-ring (bicyclic) bond motifs is 1. The van der Waals surface area contributed by atoms with Gasteiger partial charge in [0.1, 0.15) is 6.54 Å². The van der Waals surface area contributed by atoms with Crippen molar-refractivity contribution < 1.29 is 22.7 Å². The molecule has 9 nitrogen and oxygen atoms in total. The number of carbonyl (C=O) groups excluding carboxylic acids is 1. The van der Waals surface area contributed by atoms with Gasteiger partial charge >= 0.3 is 17.7 Å². The number of pyridine rings is 1. The molecule has 0 amide bonds. The minimum atomic E-state index is -4.49. The predicted molar refractivity (Wildman–Crippen MR) is 99.8 cm³/mol. The van der Waals surface area contributed by atoms with Crippen LogP contribution in [0.2, 0.25) is 0 Å². The molecule has 3 aromatic rings. The summed E-state index contributed by atoms with van der Waals surface area (Å²) in [5, 5.41) is 2.15. The van der Waals surface area contributed by atoms with Crippen LogP contribution in [0.15, 0.2) is 35.3 Å². The summed E-state index contributed by atoms with van der Waals surface area (Å²) in [5.41, 5.74) is 11.2. The molecule has 0 aliphatic carbocycles. The topological polar surface area (TPSA) is 138 Å². The lowest BCUT2D eigenvalue weighted by atomic mass is 10.2. The lowest BCUT2D eigenvalue weighted by Crippen LogP contribution is -2.26. The quantitative estimate of drug-likeness (QED) is 0.439. The molecule has 0 unspecified atom stereocenters. The molecule has 12 heteroatoms. The molecule has 29 heavy (non-hydrogen) atoms. The molecular formula is C17H15F3N6O3. The first-order valence-corrected chi connectivity index (χ1v) is 8.13. The fourth-order valence-corrected chi connectivity index (χ4v) is 2.54. The van der Waals surface area contributed by atoms with Crippen molar-refractivity contribution in [2.24, 2.45) is 0 Å². The molecule has 0 aliphatic rings. The lowest BCUT2D eigenvalue weighted by Gasteiger charge is -2.15. The Kier molecular flexibility index (Phi) is 5.01. The van der Waals surface area contributed by atoms with E-state index in [-0.39, 0.29) is 28.4 Å². The summed E-state index contributed by atoms with van der Waals surface area (Å²) in [5.74, 6) is -1.58. The zero-order chi connectivity index (χ0) is 21.3. The molecule has 0 atom stereocenters. The number of halogens is 3. The van der Waals surface area contributed by atoms with E-state index >= 15 is 0 Å². The number of ether oxygens (including phenoxy) is 1. The third kappa shape index (κ3) is 4.20. The minimum absolute atomic E-state index is 0.0761. The number of rotatable bonds is 4. The summed E-state index contributed by atoms with van der Waals surface area (Å²) in [7, 11) is 0. The van der Waals surface area contributed by atoms with Crippen LogP contribution in [0.3, 0.4) is 0 Å². The summed E-state index contributed by atoms with van der Waals surface area (Å²) in [6.07, 6.45) is -3.36. The van der Waals surface area contributed by atoms with Crippen molar-refractivity contribution in [1.82, 2.24) is 14.5 Å². The van der Waals surface area contributed by atoms with Gasteiger partial charge in [0.25, 0.3) is 0 Å². The van der Waals surface area contributed by atoms with E-state index in [1.165, 1.54) is 24.3 Å². The minimum Gasteiger partial charge on any atom is -0.419 e. The van der Waals surface area contributed by atoms with Crippen LogP contribution >= 0.6 is 0 Å². The number of nitrogens with zero attached hydrogens (tertiary/aromatic N) is 3. The van der Waals surface area contributed by atoms with Crippen LogP contribution in [0, 0.1) is 0 Å². The maximum absolute atomic E-state index is 13.0. The Morgan fingerprint density at radius 1 is 1.24 bits per heavy atom. The van der Waals surface area contributed by atoms with Crippen LogP contribution in [0.5, 0.6) is 5.75 Å². The number of alkyl halides is 3. The number of aromatic nitrogens is 3. The van der Waals surface area contributed by atoms with E-state index in [4.69, 9.17) is 16.2 Å². The van der Waals surface area contributed by atoms with Crippen LogP contribution in [-0.2, 0) is 4.79 Å². The number of benzene rings is 1. The molecule has 3 rings (SSSR count). The highest BCUT2D eigenvalue weighted by atomic mass is 19.4. The molecule has 0 bridgehead atoms. The molecule has 2 aromatic heterocycles. The van der Waals surface area contributed by atoms with Gasteiger partial charge in [0.05, 0.1) is 16.8 Å². The largest absolute Gasteiger partial charge is 0.419 e. The second-order valence-corrected chi connectivity index (χ2v) is 5.97. The number of nitrogens with two attached hydrogens (primary N) is 2. The smallest absolute Gasteiger partial charge is 0.405 e. The molecule has 0 saturated carbocycles. The highest BCUT2D eigenvalue weighted by Crippen LogP contribution is 2.28. The first-order valence-electron chi connectivity index (χ1n) is 8.13. The summed E-state index contributed by atoms with van der Waals surface area (Å²) in [6, 6.07) is 6.02. The lowest BCUT2D eigenvalue weighted by molar-refractivity contribution is -0.132. The van der Waals surface area contributed by atoms with Crippen LogP contribution in [0.1, 0.15) is 6.92 Å². The normalized spacial score (nSPS) is 11.4. The van der Waals surface area contributed by atoms with E-state index in [0.717, 1.165) is 17.7 Å². The van der Waals surface area contributed by atoms with Crippen molar-refractivity contribution in [3.63, 3.8) is 0 Å². The Morgan fingerprint density at radius 3 is 2.48 bits per heavy atom. The molecular weight excluding hydrogens is 393 g/mol. The van der Waals surface area contributed by atoms with Crippen molar-refractivity contribution in [2.45, 2.75) is 13.1 Å². The standard InChI is InChI=1S/C17H15F3N6O3/c1-8(27)29-13-12(22)11-6-23-16(24-7-17(18,19)20)25-14(11)26(15(13)28)10-4-2-9(21)3-5-10/h2-6H,7,21-22H2,1H3,(H,23,24,25). The Labute approximate surface area is 161 Å². The molecule has 2 heterocycles. The summed E-state index contributed by atoms with van der Waals surface area (Å²) >= 11 is 0. The van der Waals surface area contributed by atoms with Crippen LogP contribution < -0.4 is 27.1 Å². The van der Waals surface area contributed by atoms with Crippen molar-refractivity contribution in [2.75, 3.05) is 23.3 Å². The third-order valence-electron chi connectivity index (χ3n) is 3.76. The number of nitrogens with one attached hydrogen (secondary N) is 1. The fraction of sp³-hybridized carbons (Fsp3) is 0.176. The second kappa shape index (κ2) is 7.30. The van der Waals surface area contributed by atoms with E-state index in [1.54, 1.807) is 0 Å². The highest BCUT2D eigenvalue weighted by Gasteiger charge is 2.27. The summed E-state index contributed by atoms with van der Waals surface area (Å²) in [4.78, 5) is 32.2. The van der Waals surface area contributed by atoms with Crippen LogP contribution in [-0.4, -0.2) is 33.2 Å². The Morgan fingerprint density at radius 2 is 1.90 bits per heavy atom. The van der Waals surface area contributed by atoms with Gasteiger partial charge in [-0.2, -0.15) is 18.2 Å². The maximum atomic E-state index is 13.0. The van der Waals surface area contributed by atoms with Gasteiger partial charge in [-0.1, -0.05) is 0 Å². The van der Waals surface area contributed by atoms with E-state index in [2.05, 4.69) is 9.97 Å². The number of hydrogen-bond acceptors (Lipinski definition) is 8. The first kappa shape index (κ1) is 19.9. The van der Waals surface area contributed by atoms with E-state index < -0.39 is 30.0 Å². The van der Waals surface area contributed by atoms with E-state index in [9.17, 15) is 22.8 Å². The van der Waals surface area contributed by atoms with Gasteiger partial charge in [0, 0.05) is 18.8 Å². The molecule has 0 radical (unpaired) electrons. The van der Waals surface area contributed by atoms with Gasteiger partial charge in [-0.05, 0) is 24.3 Å². The Hall–Kier alpha value is -3.83. The van der Waals surface area contributed by atoms with Gasteiger partial charge in [-0.25, -0.2) is 4.98 Å². The molecule has 0 spiro atoms. The van der Waals surface area contributed by atoms with Crippen molar-refractivity contribution in [1.29, 1.82) is 0 Å². The summed E-state index contributed by atoms with van der Waals surface area (Å²) < 4.78 is 43.5. The van der Waals surface area contributed by atoms with Crippen LogP contribution in [0.25, 0.3) is 16.7 Å². The molecule has 1 aromatic carbocycles. The fourth-order valence-electron chi connectivity index (χ4n) is 2.54. The Bertz CT molecular complexity index is 1140. The molecule has 152 valence electrons. The SMILES string of the molecule is CC(=O)Oc1c(N)c2cnc(NCC(F)(F)F)nc2n(-c2ccc(N)cc2)c1=O. The van der Waals surface area contributed by atoms with Gasteiger partial charge in [0.2, 0.25) is 11.7 Å². The summed E-state index contributed by atoms with van der Waals surface area (Å²) in [6.45, 7) is -0.275. The van der Waals surface area contributed by atoms with Gasteiger partial charge < -0.3 is 21.5 Å². The average Bonchev–Trinajstić information content (AvgIpc) is 2.64. The number of carbonyl (C=O) groups is 1. The predicted octanol–water partition coefficient (Wildman–Crippen LogP) is 1.84. The molecule has 0 fully saturated rings. The van der Waals surface area contributed by atoms with Gasteiger partial charge in [-0.3, -0.25) is 14.2 Å². The average molecular weight is 408 g/mol. The van der Waals surface area contributed by atoms with Gasteiger partial charge in [-0.15, -0.1) is 0 Å². The monoisotopic (exact) mass is 408 g/mol. The van der Waals surface area contributed by atoms with E-state index in [1.807, 2.05) is 5.32 Å². The zero-order valence-corrected chi connectivity index (χ0v) is 14.9. The Balaban J connectivity index is 2.28. The maximum Gasteiger partial charge on any atom is 0.405 e. The number of hydrogen-bond donors (Lipinski definition) is 3. The number of nitrogen functional groups attached to an aromatic ring is 2. The molecule has 5 N–H and O–H groups in total. The molecule has 0 aliphatic heterocycles. The van der Waals surface area contributed by atoms with Crippen molar-refractivity contribution >= 4 is 34.3 Å². The van der Waals surface area contributed by atoms with Crippen molar-refractivity contribution in [3.05, 3.63) is 40.8 Å². The highest BCUT2D eigenvalue weighted by molar-refractivity contribution is 5.93.